The molecule has 0 aromatic heterocycles. The van der Waals surface area contributed by atoms with Gasteiger partial charge in [0.05, 0.1) is 0 Å². The van der Waals surface area contributed by atoms with E-state index in [2.05, 4.69) is 9.97 Å². The molecule has 0 aliphatic carbocycles. The van der Waals surface area contributed by atoms with Crippen molar-refractivity contribution in [2.45, 2.75) is 6.92 Å². The zero-order valence-corrected chi connectivity index (χ0v) is 8.51. The first-order chi connectivity index (χ1) is 7.49. The molecule has 3 N–H and O–H groups in total. The van der Waals surface area contributed by atoms with Crippen molar-refractivity contribution in [1.29, 1.82) is 0 Å². The summed E-state index contributed by atoms with van der Waals surface area (Å²) in [4.78, 5) is 22.0. The minimum absolute atomic E-state index is 0.117. The monoisotopic (exact) mass is 223 g/mol. The lowest BCUT2D eigenvalue weighted by atomic mass is 10.2. The van der Waals surface area contributed by atoms with E-state index >= 15 is 0 Å². The number of carbonyl (C=O) groups excluding carboxylic acids is 2. The van der Waals surface area contributed by atoms with Crippen LogP contribution < -0.4 is 9.97 Å². The largest absolute Gasteiger partial charge is 0.707 e. The molecule has 0 bridgehead atoms. The molecule has 0 spiro atoms. The van der Waals surface area contributed by atoms with Crippen LogP contribution in [0.3, 0.4) is 0 Å². The maximum absolute atomic E-state index is 11.4. The molecule has 16 heavy (non-hydrogen) atoms. The number of rotatable bonds is 3. The zero-order chi connectivity index (χ0) is 12.1. The summed E-state index contributed by atoms with van der Waals surface area (Å²) in [6, 6.07) is 5.70. The van der Waals surface area contributed by atoms with E-state index < -0.39 is 19.1 Å². The van der Waals surface area contributed by atoms with E-state index in [1.165, 1.54) is 31.2 Å². The van der Waals surface area contributed by atoms with Gasteiger partial charge in [-0.25, -0.2) is 0 Å². The Morgan fingerprint density at radius 2 is 2.06 bits per heavy atom. The number of hydrogen-bond donors (Lipinski definition) is 3. The average molecular weight is 223 g/mol. The maximum Gasteiger partial charge on any atom is 0.707 e. The van der Waals surface area contributed by atoms with Crippen molar-refractivity contribution in [2.75, 3.05) is 0 Å². The third-order valence-electron chi connectivity index (χ3n) is 1.63. The van der Waals surface area contributed by atoms with Crippen LogP contribution in [0.25, 0.3) is 0 Å². The van der Waals surface area contributed by atoms with Crippen LogP contribution in [-0.2, 0) is 4.79 Å². The molecule has 0 unspecified atom stereocenters. The third-order valence-corrected chi connectivity index (χ3v) is 1.63. The highest BCUT2D eigenvalue weighted by Gasteiger charge is 2.13. The first-order valence-electron chi connectivity index (χ1n) is 4.44. The van der Waals surface area contributed by atoms with Crippen LogP contribution in [0.4, 0.5) is 0 Å². The molecular formula is C9H10BNO5. The molecule has 0 saturated heterocycles. The van der Waals surface area contributed by atoms with Crippen molar-refractivity contribution in [3.63, 3.8) is 0 Å². The summed E-state index contributed by atoms with van der Waals surface area (Å²) in [6.07, 6.45) is 0. The molecule has 7 heteroatoms. The summed E-state index contributed by atoms with van der Waals surface area (Å²) < 4.78 is 4.56. The SMILES string of the molecule is CC(=O)NC(=O)c1cccc(OB(O)O)c1. The standard InChI is InChI=1S/C9H10BNO5/c1-6(12)11-9(13)7-3-2-4-8(5-7)16-10(14)15/h2-5,14-15H,1H3,(H,11,12,13). The number of benzene rings is 1. The maximum atomic E-state index is 11.4. The number of nitrogens with one attached hydrogen (secondary N) is 1. The number of amides is 2. The molecule has 0 heterocycles. The van der Waals surface area contributed by atoms with Gasteiger partial charge in [-0.2, -0.15) is 0 Å². The van der Waals surface area contributed by atoms with E-state index in [1.807, 2.05) is 0 Å². The molecule has 84 valence electrons. The average Bonchev–Trinajstić information content (AvgIpc) is 2.16. The zero-order valence-electron chi connectivity index (χ0n) is 8.51. The molecule has 6 nitrogen and oxygen atoms in total. The quantitative estimate of drug-likeness (QED) is 0.589. The lowest BCUT2D eigenvalue weighted by molar-refractivity contribution is -0.118. The minimum Gasteiger partial charge on any atom is -0.512 e. The summed E-state index contributed by atoms with van der Waals surface area (Å²) in [5.74, 6) is -0.935. The second-order valence-corrected chi connectivity index (χ2v) is 2.98. The fourth-order valence-corrected chi connectivity index (χ4v) is 1.06. The van der Waals surface area contributed by atoms with Crippen LogP contribution >= 0.6 is 0 Å². The first kappa shape index (κ1) is 12.2. The van der Waals surface area contributed by atoms with Crippen molar-refractivity contribution in [3.05, 3.63) is 29.8 Å². The van der Waals surface area contributed by atoms with Crippen LogP contribution in [0.15, 0.2) is 24.3 Å². The third kappa shape index (κ3) is 3.72. The van der Waals surface area contributed by atoms with E-state index in [0.717, 1.165) is 0 Å². The van der Waals surface area contributed by atoms with Gasteiger partial charge in [0.2, 0.25) is 5.91 Å². The van der Waals surface area contributed by atoms with Gasteiger partial charge >= 0.3 is 7.32 Å². The van der Waals surface area contributed by atoms with E-state index in [9.17, 15) is 9.59 Å². The van der Waals surface area contributed by atoms with E-state index in [4.69, 9.17) is 10.0 Å². The molecule has 0 saturated carbocycles. The molecule has 2 amide bonds. The Hall–Kier alpha value is -1.86. The fourth-order valence-electron chi connectivity index (χ4n) is 1.06. The molecule has 0 aliphatic rings. The first-order valence-corrected chi connectivity index (χ1v) is 4.44. The van der Waals surface area contributed by atoms with Gasteiger partial charge in [0, 0.05) is 12.5 Å². The molecular weight excluding hydrogens is 213 g/mol. The lowest BCUT2D eigenvalue weighted by Gasteiger charge is -2.06. The van der Waals surface area contributed by atoms with Gasteiger partial charge in [0.15, 0.2) is 0 Å². The molecule has 1 rings (SSSR count). The van der Waals surface area contributed by atoms with Gasteiger partial charge in [0.25, 0.3) is 5.91 Å². The topological polar surface area (TPSA) is 95.9 Å². The Morgan fingerprint density at radius 1 is 1.38 bits per heavy atom. The predicted molar refractivity (Wildman–Crippen MR) is 55.4 cm³/mol. The summed E-state index contributed by atoms with van der Waals surface area (Å²) in [5.41, 5.74) is 0.188. The summed E-state index contributed by atoms with van der Waals surface area (Å²) in [7, 11) is -1.95. The Bertz CT molecular complexity index is 407. The Labute approximate surface area is 92.0 Å². The van der Waals surface area contributed by atoms with Crippen molar-refractivity contribution in [2.24, 2.45) is 0 Å². The Morgan fingerprint density at radius 3 is 2.62 bits per heavy atom. The summed E-state index contributed by atoms with van der Waals surface area (Å²) >= 11 is 0. The van der Waals surface area contributed by atoms with Gasteiger partial charge in [-0.1, -0.05) is 6.07 Å². The second kappa shape index (κ2) is 5.29. The van der Waals surface area contributed by atoms with E-state index in [1.54, 1.807) is 0 Å². The molecule has 1 aromatic carbocycles. The van der Waals surface area contributed by atoms with Crippen LogP contribution in [0.2, 0.25) is 0 Å². The minimum atomic E-state index is -1.95. The normalized spacial score (nSPS) is 9.44. The van der Waals surface area contributed by atoms with Gasteiger partial charge in [-0.3, -0.25) is 14.9 Å². The van der Waals surface area contributed by atoms with Gasteiger partial charge in [-0.15, -0.1) is 0 Å². The molecule has 0 fully saturated rings. The van der Waals surface area contributed by atoms with Crippen LogP contribution in [0.5, 0.6) is 5.75 Å². The molecule has 0 atom stereocenters. The Balaban J connectivity index is 2.81. The number of imide groups is 1. The van der Waals surface area contributed by atoms with Crippen molar-refractivity contribution < 1.29 is 24.3 Å². The van der Waals surface area contributed by atoms with Gasteiger partial charge in [-0.05, 0) is 18.2 Å². The number of carbonyl (C=O) groups is 2. The fraction of sp³-hybridized carbons (Fsp3) is 0.111. The van der Waals surface area contributed by atoms with Crippen molar-refractivity contribution in [3.8, 4) is 5.75 Å². The Kier molecular flexibility index (Phi) is 4.04. The van der Waals surface area contributed by atoms with E-state index in [-0.39, 0.29) is 11.3 Å². The molecule has 0 radical (unpaired) electrons. The van der Waals surface area contributed by atoms with Gasteiger partial charge in [0.1, 0.15) is 5.75 Å². The van der Waals surface area contributed by atoms with Crippen LogP contribution in [0.1, 0.15) is 17.3 Å². The highest BCUT2D eigenvalue weighted by molar-refractivity contribution is 6.33. The molecule has 0 aliphatic heterocycles. The summed E-state index contributed by atoms with van der Waals surface area (Å²) in [5, 5.41) is 19.2. The second-order valence-electron chi connectivity index (χ2n) is 2.98. The smallest absolute Gasteiger partial charge is 0.512 e. The lowest BCUT2D eigenvalue weighted by Crippen LogP contribution is -2.28. The highest BCUT2D eigenvalue weighted by Crippen LogP contribution is 2.13. The van der Waals surface area contributed by atoms with Crippen LogP contribution in [0, 0.1) is 0 Å². The van der Waals surface area contributed by atoms with E-state index in [0.29, 0.717) is 0 Å². The van der Waals surface area contributed by atoms with Crippen LogP contribution in [-0.4, -0.2) is 29.2 Å². The summed E-state index contributed by atoms with van der Waals surface area (Å²) in [6.45, 7) is 1.22. The number of hydrogen-bond acceptors (Lipinski definition) is 5. The predicted octanol–water partition coefficient (Wildman–Crippen LogP) is -0.689. The van der Waals surface area contributed by atoms with Crippen molar-refractivity contribution in [1.82, 2.24) is 5.32 Å². The molecule has 1 aromatic rings. The van der Waals surface area contributed by atoms with Gasteiger partial charge < -0.3 is 14.7 Å². The highest BCUT2D eigenvalue weighted by atomic mass is 16.6. The van der Waals surface area contributed by atoms with Crippen molar-refractivity contribution >= 4 is 19.1 Å².